The lowest BCUT2D eigenvalue weighted by Gasteiger charge is -2.31. The highest BCUT2D eigenvalue weighted by Gasteiger charge is 2.31. The first-order valence-electron chi connectivity index (χ1n) is 7.23. The van der Waals surface area contributed by atoms with Gasteiger partial charge in [0.25, 0.3) is 5.69 Å². The number of fused-ring (bicyclic) bond motifs is 1. The highest BCUT2D eigenvalue weighted by atomic mass is 19.4. The minimum absolute atomic E-state index is 0.0346. The summed E-state index contributed by atoms with van der Waals surface area (Å²) in [6.07, 6.45) is -3.78. The van der Waals surface area contributed by atoms with Crippen LogP contribution in [0.25, 0.3) is 0 Å². The Bertz CT molecular complexity index is 806. The number of rotatable bonds is 2. The molecule has 24 heavy (non-hydrogen) atoms. The fourth-order valence-corrected chi connectivity index (χ4v) is 2.86. The summed E-state index contributed by atoms with van der Waals surface area (Å²) in [4.78, 5) is 12.1. The first-order chi connectivity index (χ1) is 11.3. The van der Waals surface area contributed by atoms with Gasteiger partial charge in [0.1, 0.15) is 5.69 Å². The molecular formula is C16H14F3N3O2. The minimum atomic E-state index is -4.38. The molecule has 0 spiro atoms. The van der Waals surface area contributed by atoms with Crippen LogP contribution in [0.15, 0.2) is 36.4 Å². The number of nitrogens with two attached hydrogens (primary N) is 1. The number of nitro groups is 1. The number of halogens is 3. The number of anilines is 2. The van der Waals surface area contributed by atoms with E-state index in [0.717, 1.165) is 17.7 Å². The minimum Gasteiger partial charge on any atom is -0.393 e. The SMILES string of the molecule is Nc1cc(N2CCc3ccc(C(F)(F)F)cc3C2)ccc1[N+](=O)[O-]. The van der Waals surface area contributed by atoms with Crippen molar-refractivity contribution in [2.75, 3.05) is 17.2 Å². The van der Waals surface area contributed by atoms with Gasteiger partial charge in [0, 0.05) is 24.8 Å². The van der Waals surface area contributed by atoms with E-state index in [-0.39, 0.29) is 11.4 Å². The summed E-state index contributed by atoms with van der Waals surface area (Å²) < 4.78 is 38.6. The second-order valence-electron chi connectivity index (χ2n) is 5.65. The number of nitrogen functional groups attached to an aromatic ring is 1. The van der Waals surface area contributed by atoms with Gasteiger partial charge in [-0.1, -0.05) is 6.07 Å². The van der Waals surface area contributed by atoms with Crippen LogP contribution in [0.5, 0.6) is 0 Å². The maximum Gasteiger partial charge on any atom is 0.416 e. The first-order valence-corrected chi connectivity index (χ1v) is 7.23. The highest BCUT2D eigenvalue weighted by molar-refractivity contribution is 5.67. The third-order valence-electron chi connectivity index (χ3n) is 4.12. The molecule has 0 saturated heterocycles. The Hall–Kier alpha value is -2.77. The predicted octanol–water partition coefficient (Wildman–Crippen LogP) is 3.76. The second kappa shape index (κ2) is 5.70. The van der Waals surface area contributed by atoms with Crippen LogP contribution >= 0.6 is 0 Å². The summed E-state index contributed by atoms with van der Waals surface area (Å²) in [6.45, 7) is 0.909. The van der Waals surface area contributed by atoms with Crippen LogP contribution in [0.4, 0.5) is 30.2 Å². The van der Waals surface area contributed by atoms with Crippen molar-refractivity contribution in [3.63, 3.8) is 0 Å². The topological polar surface area (TPSA) is 72.4 Å². The zero-order chi connectivity index (χ0) is 17.5. The molecule has 126 valence electrons. The third kappa shape index (κ3) is 2.99. The Labute approximate surface area is 135 Å². The Morgan fingerprint density at radius 2 is 1.88 bits per heavy atom. The van der Waals surface area contributed by atoms with Gasteiger partial charge in [-0.3, -0.25) is 10.1 Å². The van der Waals surface area contributed by atoms with E-state index >= 15 is 0 Å². The Balaban J connectivity index is 1.89. The third-order valence-corrected chi connectivity index (χ3v) is 4.12. The van der Waals surface area contributed by atoms with E-state index < -0.39 is 16.7 Å². The molecule has 5 nitrogen and oxygen atoms in total. The second-order valence-corrected chi connectivity index (χ2v) is 5.65. The summed E-state index contributed by atoms with van der Waals surface area (Å²) in [6, 6.07) is 8.13. The number of hydrogen-bond acceptors (Lipinski definition) is 4. The first kappa shape index (κ1) is 16.1. The molecule has 8 heteroatoms. The van der Waals surface area contributed by atoms with E-state index in [4.69, 9.17) is 5.73 Å². The molecule has 1 aliphatic heterocycles. The Morgan fingerprint density at radius 1 is 1.12 bits per heavy atom. The summed E-state index contributed by atoms with van der Waals surface area (Å²) in [5.74, 6) is 0. The number of nitro benzene ring substituents is 1. The molecular weight excluding hydrogens is 323 g/mol. The molecule has 0 radical (unpaired) electrons. The zero-order valence-electron chi connectivity index (χ0n) is 12.5. The van der Waals surface area contributed by atoms with Gasteiger partial charge in [0.15, 0.2) is 0 Å². The number of nitrogens with zero attached hydrogens (tertiary/aromatic N) is 2. The average Bonchev–Trinajstić information content (AvgIpc) is 2.52. The monoisotopic (exact) mass is 337 g/mol. The van der Waals surface area contributed by atoms with Crippen LogP contribution in [-0.2, 0) is 19.1 Å². The lowest BCUT2D eigenvalue weighted by atomic mass is 9.96. The van der Waals surface area contributed by atoms with Crippen LogP contribution in [0.1, 0.15) is 16.7 Å². The summed E-state index contributed by atoms with van der Waals surface area (Å²) in [5.41, 5.74) is 7.00. The van der Waals surface area contributed by atoms with Gasteiger partial charge >= 0.3 is 6.18 Å². The van der Waals surface area contributed by atoms with Gasteiger partial charge in [-0.2, -0.15) is 13.2 Å². The van der Waals surface area contributed by atoms with Gasteiger partial charge < -0.3 is 10.6 Å². The van der Waals surface area contributed by atoms with Gasteiger partial charge in [0.05, 0.1) is 10.5 Å². The van der Waals surface area contributed by atoms with Crippen molar-refractivity contribution in [3.8, 4) is 0 Å². The van der Waals surface area contributed by atoms with Crippen LogP contribution < -0.4 is 10.6 Å². The normalized spacial score (nSPS) is 14.4. The molecule has 1 aliphatic rings. The van der Waals surface area contributed by atoms with Gasteiger partial charge in [-0.25, -0.2) is 0 Å². The fraction of sp³-hybridized carbons (Fsp3) is 0.250. The van der Waals surface area contributed by atoms with Crippen molar-refractivity contribution >= 4 is 17.1 Å². The fourth-order valence-electron chi connectivity index (χ4n) is 2.86. The van der Waals surface area contributed by atoms with E-state index in [0.29, 0.717) is 30.8 Å². The van der Waals surface area contributed by atoms with Crippen molar-refractivity contribution in [1.82, 2.24) is 0 Å². The molecule has 3 rings (SSSR count). The maximum absolute atomic E-state index is 12.9. The maximum atomic E-state index is 12.9. The lowest BCUT2D eigenvalue weighted by Crippen LogP contribution is -2.30. The van der Waals surface area contributed by atoms with Crippen molar-refractivity contribution < 1.29 is 18.1 Å². The summed E-state index contributed by atoms with van der Waals surface area (Å²) >= 11 is 0. The number of benzene rings is 2. The summed E-state index contributed by atoms with van der Waals surface area (Å²) in [7, 11) is 0. The van der Waals surface area contributed by atoms with Gasteiger partial charge in [0.2, 0.25) is 0 Å². The van der Waals surface area contributed by atoms with Crippen molar-refractivity contribution in [1.29, 1.82) is 0 Å². The standard InChI is InChI=1S/C16H14F3N3O2/c17-16(18,19)12-2-1-10-5-6-21(9-11(10)7-12)13-3-4-15(22(23)24)14(20)8-13/h1-4,7-8H,5-6,9,20H2. The van der Waals surface area contributed by atoms with Gasteiger partial charge in [-0.15, -0.1) is 0 Å². The molecule has 0 amide bonds. The molecule has 0 fully saturated rings. The molecule has 2 N–H and O–H groups in total. The van der Waals surface area contributed by atoms with Crippen LogP contribution in [0, 0.1) is 10.1 Å². The smallest absolute Gasteiger partial charge is 0.393 e. The number of hydrogen-bond donors (Lipinski definition) is 1. The van der Waals surface area contributed by atoms with E-state index in [9.17, 15) is 23.3 Å². The largest absolute Gasteiger partial charge is 0.416 e. The Morgan fingerprint density at radius 3 is 2.50 bits per heavy atom. The molecule has 2 aromatic carbocycles. The quantitative estimate of drug-likeness (QED) is 0.514. The van der Waals surface area contributed by atoms with Crippen molar-refractivity contribution in [3.05, 3.63) is 63.2 Å². The number of alkyl halides is 3. The van der Waals surface area contributed by atoms with E-state index in [1.165, 1.54) is 18.2 Å². The average molecular weight is 337 g/mol. The lowest BCUT2D eigenvalue weighted by molar-refractivity contribution is -0.383. The van der Waals surface area contributed by atoms with Crippen molar-refractivity contribution in [2.24, 2.45) is 0 Å². The molecule has 0 atom stereocenters. The van der Waals surface area contributed by atoms with E-state index in [1.54, 1.807) is 6.07 Å². The molecule has 0 aromatic heterocycles. The molecule has 0 saturated carbocycles. The highest BCUT2D eigenvalue weighted by Crippen LogP contribution is 2.34. The molecule has 1 heterocycles. The Kier molecular flexibility index (Phi) is 3.82. The molecule has 0 bridgehead atoms. The molecule has 2 aromatic rings. The van der Waals surface area contributed by atoms with Crippen molar-refractivity contribution in [2.45, 2.75) is 19.1 Å². The van der Waals surface area contributed by atoms with Gasteiger partial charge in [-0.05, 0) is 41.8 Å². The van der Waals surface area contributed by atoms with Crippen LogP contribution in [0.3, 0.4) is 0 Å². The van der Waals surface area contributed by atoms with E-state index in [1.807, 2.05) is 4.90 Å². The van der Waals surface area contributed by atoms with Crippen LogP contribution in [0.2, 0.25) is 0 Å². The molecule has 0 aliphatic carbocycles. The zero-order valence-corrected chi connectivity index (χ0v) is 12.5. The molecule has 0 unspecified atom stereocenters. The predicted molar refractivity (Wildman–Crippen MR) is 83.7 cm³/mol. The van der Waals surface area contributed by atoms with Crippen LogP contribution in [-0.4, -0.2) is 11.5 Å². The van der Waals surface area contributed by atoms with E-state index in [2.05, 4.69) is 0 Å². The summed E-state index contributed by atoms with van der Waals surface area (Å²) in [5, 5.41) is 10.8.